The first-order chi connectivity index (χ1) is 10.9. The summed E-state index contributed by atoms with van der Waals surface area (Å²) in [6.45, 7) is 1.85. The summed E-state index contributed by atoms with van der Waals surface area (Å²) in [5.74, 6) is 0.291. The summed E-state index contributed by atoms with van der Waals surface area (Å²) in [4.78, 5) is 11.8. The molecule has 0 radical (unpaired) electrons. The van der Waals surface area contributed by atoms with Crippen molar-refractivity contribution in [3.05, 3.63) is 54.1 Å². The Balaban J connectivity index is 2.17. The number of carbonyl (C=O) groups excluding carboxylic acids is 1. The van der Waals surface area contributed by atoms with Crippen molar-refractivity contribution in [3.8, 4) is 11.5 Å². The highest BCUT2D eigenvalue weighted by atomic mass is 19.4. The molecule has 1 N–H and O–H groups in total. The molecule has 0 unspecified atom stereocenters. The molecule has 0 bridgehead atoms. The van der Waals surface area contributed by atoms with Gasteiger partial charge in [0.05, 0.1) is 12.2 Å². The van der Waals surface area contributed by atoms with Crippen LogP contribution in [0.5, 0.6) is 11.5 Å². The van der Waals surface area contributed by atoms with Crippen molar-refractivity contribution in [2.75, 3.05) is 11.9 Å². The summed E-state index contributed by atoms with van der Waals surface area (Å²) in [6, 6.07) is 11.2. The third kappa shape index (κ3) is 4.91. The predicted molar refractivity (Wildman–Crippen MR) is 78.7 cm³/mol. The van der Waals surface area contributed by atoms with Crippen LogP contribution in [-0.2, 0) is 6.18 Å². The Kier molecular flexibility index (Phi) is 5.10. The Morgan fingerprint density at radius 3 is 2.39 bits per heavy atom. The molecular formula is C16H14F3NO3. The standard InChI is InChI=1S/C16H14F3NO3/c1-2-22-14-9-11(16(17,18)19)8-12(10-14)20-15(21)23-13-6-4-3-5-7-13/h3-10H,2H2,1H3,(H,20,21). The van der Waals surface area contributed by atoms with Gasteiger partial charge in [-0.05, 0) is 31.2 Å². The molecule has 0 saturated heterocycles. The van der Waals surface area contributed by atoms with Gasteiger partial charge in [0.1, 0.15) is 11.5 Å². The third-order valence-corrected chi connectivity index (χ3v) is 2.75. The van der Waals surface area contributed by atoms with Crippen LogP contribution in [0.3, 0.4) is 0 Å². The van der Waals surface area contributed by atoms with E-state index in [1.807, 2.05) is 0 Å². The molecule has 0 aliphatic rings. The molecule has 0 saturated carbocycles. The van der Waals surface area contributed by atoms with Gasteiger partial charge < -0.3 is 9.47 Å². The minimum absolute atomic E-state index is 0.0114. The van der Waals surface area contributed by atoms with Crippen LogP contribution in [0.1, 0.15) is 12.5 Å². The summed E-state index contributed by atoms with van der Waals surface area (Å²) in [6.07, 6.45) is -5.44. The maximum Gasteiger partial charge on any atom is 0.417 e. The number of carbonyl (C=O) groups is 1. The molecule has 0 aliphatic carbocycles. The van der Waals surface area contributed by atoms with E-state index in [1.54, 1.807) is 37.3 Å². The first kappa shape index (κ1) is 16.7. The quantitative estimate of drug-likeness (QED) is 0.885. The number of benzene rings is 2. The SMILES string of the molecule is CCOc1cc(NC(=O)Oc2ccccc2)cc(C(F)(F)F)c1. The lowest BCUT2D eigenvalue weighted by atomic mass is 10.2. The second kappa shape index (κ2) is 7.04. The van der Waals surface area contributed by atoms with Crippen molar-refractivity contribution < 1.29 is 27.4 Å². The summed E-state index contributed by atoms with van der Waals surface area (Å²) in [7, 11) is 0. The number of anilines is 1. The average molecular weight is 325 g/mol. The molecule has 2 aromatic carbocycles. The van der Waals surface area contributed by atoms with Crippen LogP contribution in [0.4, 0.5) is 23.7 Å². The highest BCUT2D eigenvalue weighted by Gasteiger charge is 2.31. The Morgan fingerprint density at radius 2 is 1.78 bits per heavy atom. The molecule has 0 spiro atoms. The van der Waals surface area contributed by atoms with E-state index in [0.29, 0.717) is 0 Å². The number of nitrogens with one attached hydrogen (secondary N) is 1. The molecule has 7 heteroatoms. The van der Waals surface area contributed by atoms with Crippen LogP contribution in [0, 0.1) is 0 Å². The van der Waals surface area contributed by atoms with Gasteiger partial charge in [0.25, 0.3) is 0 Å². The predicted octanol–water partition coefficient (Wildman–Crippen LogP) is 4.72. The zero-order valence-corrected chi connectivity index (χ0v) is 12.2. The molecule has 0 aliphatic heterocycles. The summed E-state index contributed by atoms with van der Waals surface area (Å²) in [5.41, 5.74) is -0.984. The first-order valence-electron chi connectivity index (χ1n) is 6.77. The van der Waals surface area contributed by atoms with Gasteiger partial charge in [-0.15, -0.1) is 0 Å². The molecule has 2 aromatic rings. The van der Waals surface area contributed by atoms with Crippen LogP contribution < -0.4 is 14.8 Å². The maximum absolute atomic E-state index is 12.9. The lowest BCUT2D eigenvalue weighted by molar-refractivity contribution is -0.137. The van der Waals surface area contributed by atoms with Crippen LogP contribution >= 0.6 is 0 Å². The van der Waals surface area contributed by atoms with Gasteiger partial charge in [0.2, 0.25) is 0 Å². The minimum Gasteiger partial charge on any atom is -0.494 e. The largest absolute Gasteiger partial charge is 0.494 e. The number of hydrogen-bond acceptors (Lipinski definition) is 3. The molecule has 0 atom stereocenters. The van der Waals surface area contributed by atoms with Crippen molar-refractivity contribution in [1.29, 1.82) is 0 Å². The Labute approximate surface area is 130 Å². The zero-order valence-electron chi connectivity index (χ0n) is 12.2. The second-order valence-electron chi connectivity index (χ2n) is 4.50. The van der Waals surface area contributed by atoms with Crippen molar-refractivity contribution in [1.82, 2.24) is 0 Å². The van der Waals surface area contributed by atoms with Gasteiger partial charge in [-0.3, -0.25) is 5.32 Å². The number of halogens is 3. The number of alkyl halides is 3. The normalized spacial score (nSPS) is 11.0. The molecular weight excluding hydrogens is 311 g/mol. The van der Waals surface area contributed by atoms with E-state index in [-0.39, 0.29) is 23.8 Å². The summed E-state index contributed by atoms with van der Waals surface area (Å²) >= 11 is 0. The highest BCUT2D eigenvalue weighted by Crippen LogP contribution is 2.34. The minimum atomic E-state index is -4.55. The molecule has 0 fully saturated rings. The summed E-state index contributed by atoms with van der Waals surface area (Å²) < 4.78 is 48.7. The van der Waals surface area contributed by atoms with Crippen molar-refractivity contribution in [2.45, 2.75) is 13.1 Å². The highest BCUT2D eigenvalue weighted by molar-refractivity contribution is 5.86. The van der Waals surface area contributed by atoms with E-state index in [9.17, 15) is 18.0 Å². The topological polar surface area (TPSA) is 47.6 Å². The van der Waals surface area contributed by atoms with Crippen molar-refractivity contribution in [2.24, 2.45) is 0 Å². The summed E-state index contributed by atoms with van der Waals surface area (Å²) in [5, 5.41) is 2.26. The average Bonchev–Trinajstić information content (AvgIpc) is 2.47. The Hall–Kier alpha value is -2.70. The van der Waals surface area contributed by atoms with Crippen LogP contribution in [0.2, 0.25) is 0 Å². The fourth-order valence-corrected chi connectivity index (χ4v) is 1.82. The van der Waals surface area contributed by atoms with E-state index < -0.39 is 17.8 Å². The molecule has 0 heterocycles. The van der Waals surface area contributed by atoms with E-state index >= 15 is 0 Å². The fraction of sp³-hybridized carbons (Fsp3) is 0.188. The van der Waals surface area contributed by atoms with Gasteiger partial charge >= 0.3 is 12.3 Å². The molecule has 2 rings (SSSR count). The number of para-hydroxylation sites is 1. The molecule has 122 valence electrons. The van der Waals surface area contributed by atoms with Gasteiger partial charge in [0.15, 0.2) is 0 Å². The van der Waals surface area contributed by atoms with Gasteiger partial charge in [-0.1, -0.05) is 18.2 Å². The molecule has 23 heavy (non-hydrogen) atoms. The smallest absolute Gasteiger partial charge is 0.417 e. The maximum atomic E-state index is 12.9. The zero-order chi connectivity index (χ0) is 16.9. The lowest BCUT2D eigenvalue weighted by Crippen LogP contribution is -2.17. The van der Waals surface area contributed by atoms with Crippen molar-refractivity contribution >= 4 is 11.8 Å². The monoisotopic (exact) mass is 325 g/mol. The van der Waals surface area contributed by atoms with E-state index in [2.05, 4.69) is 5.32 Å². The molecule has 4 nitrogen and oxygen atoms in total. The van der Waals surface area contributed by atoms with Crippen LogP contribution in [0.25, 0.3) is 0 Å². The van der Waals surface area contributed by atoms with E-state index in [4.69, 9.17) is 9.47 Å². The van der Waals surface area contributed by atoms with Crippen molar-refractivity contribution in [3.63, 3.8) is 0 Å². The van der Waals surface area contributed by atoms with E-state index in [1.165, 1.54) is 6.07 Å². The van der Waals surface area contributed by atoms with Crippen LogP contribution in [-0.4, -0.2) is 12.7 Å². The van der Waals surface area contributed by atoms with Gasteiger partial charge in [-0.2, -0.15) is 13.2 Å². The van der Waals surface area contributed by atoms with Gasteiger partial charge in [-0.25, -0.2) is 4.79 Å². The Morgan fingerprint density at radius 1 is 1.09 bits per heavy atom. The van der Waals surface area contributed by atoms with Gasteiger partial charge in [0, 0.05) is 11.8 Å². The number of rotatable bonds is 4. The Bertz CT molecular complexity index is 672. The molecule has 0 aromatic heterocycles. The second-order valence-corrected chi connectivity index (χ2v) is 4.50. The first-order valence-corrected chi connectivity index (χ1v) is 6.77. The third-order valence-electron chi connectivity index (χ3n) is 2.75. The lowest BCUT2D eigenvalue weighted by Gasteiger charge is -2.13. The number of amides is 1. The number of hydrogen-bond donors (Lipinski definition) is 1. The fourth-order valence-electron chi connectivity index (χ4n) is 1.82. The number of ether oxygens (including phenoxy) is 2. The van der Waals surface area contributed by atoms with E-state index in [0.717, 1.165) is 12.1 Å². The van der Waals surface area contributed by atoms with Crippen LogP contribution in [0.15, 0.2) is 48.5 Å². The molecule has 1 amide bonds.